The molecule has 2 heterocycles. The molecule has 8 heteroatoms. The van der Waals surface area contributed by atoms with Gasteiger partial charge in [0.2, 0.25) is 0 Å². The Morgan fingerprint density at radius 2 is 2.28 bits per heavy atom. The fraction of sp³-hybridized carbons (Fsp3) is 0.333. The van der Waals surface area contributed by atoms with Crippen molar-refractivity contribution in [3.8, 4) is 5.75 Å². The van der Waals surface area contributed by atoms with Gasteiger partial charge in [-0.25, -0.2) is 10.4 Å². The first-order valence-corrected chi connectivity index (χ1v) is 10.3. The van der Waals surface area contributed by atoms with Gasteiger partial charge in [0.1, 0.15) is 17.1 Å². The van der Waals surface area contributed by atoms with Gasteiger partial charge < -0.3 is 4.74 Å². The molecule has 2 aromatic heterocycles. The summed E-state index contributed by atoms with van der Waals surface area (Å²) in [4.78, 5) is 31.7. The van der Waals surface area contributed by atoms with Crippen LogP contribution in [0.5, 0.6) is 5.75 Å². The molecule has 0 saturated heterocycles. The molecular weight excluding hydrogens is 388 g/mol. The summed E-state index contributed by atoms with van der Waals surface area (Å²) >= 11 is 1.60. The van der Waals surface area contributed by atoms with E-state index in [2.05, 4.69) is 22.4 Å². The topological polar surface area (TPSA) is 85.6 Å². The first-order valence-electron chi connectivity index (χ1n) is 9.51. The molecule has 0 fully saturated rings. The molecule has 1 aliphatic rings. The maximum absolute atomic E-state index is 13.0. The SMILES string of the molecule is COc1ccccc1/C=N\NC(=O)Cn1cnc2sc3c(c2c1=O)CC[C@H](C)C3. The van der Waals surface area contributed by atoms with Crippen molar-refractivity contribution in [3.63, 3.8) is 0 Å². The predicted octanol–water partition coefficient (Wildman–Crippen LogP) is 2.74. The summed E-state index contributed by atoms with van der Waals surface area (Å²) < 4.78 is 6.59. The van der Waals surface area contributed by atoms with Crippen molar-refractivity contribution >= 4 is 33.7 Å². The van der Waals surface area contributed by atoms with Crippen LogP contribution < -0.4 is 15.7 Å². The van der Waals surface area contributed by atoms with Crippen molar-refractivity contribution in [3.05, 3.63) is 57.0 Å². The van der Waals surface area contributed by atoms with Crippen LogP contribution in [0.25, 0.3) is 10.2 Å². The second kappa shape index (κ2) is 8.16. The van der Waals surface area contributed by atoms with Gasteiger partial charge in [0.25, 0.3) is 11.5 Å². The number of hydrazone groups is 1. The van der Waals surface area contributed by atoms with Crippen molar-refractivity contribution in [1.82, 2.24) is 15.0 Å². The first kappa shape index (κ1) is 19.3. The minimum atomic E-state index is -0.392. The van der Waals surface area contributed by atoms with Crippen LogP contribution in [0.1, 0.15) is 29.3 Å². The normalized spacial score (nSPS) is 16.1. The van der Waals surface area contributed by atoms with E-state index in [-0.39, 0.29) is 12.1 Å². The Kier molecular flexibility index (Phi) is 5.44. The molecule has 0 bridgehead atoms. The average Bonchev–Trinajstić information content (AvgIpc) is 3.08. The molecule has 0 unspecified atom stereocenters. The van der Waals surface area contributed by atoms with E-state index in [9.17, 15) is 9.59 Å². The Hall–Kier alpha value is -3.00. The van der Waals surface area contributed by atoms with E-state index in [4.69, 9.17) is 4.74 Å². The van der Waals surface area contributed by atoms with Crippen LogP contribution in [-0.4, -0.2) is 28.8 Å². The van der Waals surface area contributed by atoms with Crippen LogP contribution in [0.2, 0.25) is 0 Å². The Morgan fingerprint density at radius 1 is 1.45 bits per heavy atom. The number of amides is 1. The summed E-state index contributed by atoms with van der Waals surface area (Å²) in [6, 6.07) is 7.35. The minimum Gasteiger partial charge on any atom is -0.496 e. The summed E-state index contributed by atoms with van der Waals surface area (Å²) in [6.45, 7) is 2.10. The van der Waals surface area contributed by atoms with Gasteiger partial charge in [0, 0.05) is 10.4 Å². The maximum atomic E-state index is 13.0. The number of carbonyl (C=O) groups excluding carboxylic acids is 1. The molecule has 1 atom stereocenters. The lowest BCUT2D eigenvalue weighted by Crippen LogP contribution is -2.30. The molecule has 0 radical (unpaired) electrons. The van der Waals surface area contributed by atoms with E-state index in [0.717, 1.165) is 35.2 Å². The molecule has 29 heavy (non-hydrogen) atoms. The lowest BCUT2D eigenvalue weighted by Gasteiger charge is -2.17. The van der Waals surface area contributed by atoms with Crippen molar-refractivity contribution in [2.45, 2.75) is 32.7 Å². The van der Waals surface area contributed by atoms with E-state index in [0.29, 0.717) is 17.1 Å². The number of carbonyl (C=O) groups is 1. The lowest BCUT2D eigenvalue weighted by atomic mass is 9.89. The summed E-state index contributed by atoms with van der Waals surface area (Å²) in [7, 11) is 1.57. The van der Waals surface area contributed by atoms with Gasteiger partial charge in [-0.05, 0) is 42.9 Å². The highest BCUT2D eigenvalue weighted by atomic mass is 32.1. The molecule has 0 aliphatic heterocycles. The van der Waals surface area contributed by atoms with Crippen LogP contribution in [0.15, 0.2) is 40.5 Å². The average molecular weight is 410 g/mol. The van der Waals surface area contributed by atoms with Gasteiger partial charge in [0.05, 0.1) is 25.0 Å². The number of rotatable bonds is 5. The van der Waals surface area contributed by atoms with Crippen molar-refractivity contribution in [2.24, 2.45) is 11.0 Å². The Balaban J connectivity index is 1.50. The number of hydrogen-bond acceptors (Lipinski definition) is 6. The number of aromatic nitrogens is 2. The standard InChI is InChI=1S/C21H22N4O3S/c1-13-7-8-15-17(9-13)29-20-19(15)21(27)25(12-22-20)11-18(26)24-23-10-14-5-3-4-6-16(14)28-2/h3-6,10,12-13H,7-9,11H2,1-2H3,(H,24,26)/b23-10-/t13-/m0/s1. The second-order valence-corrected chi connectivity index (χ2v) is 8.33. The lowest BCUT2D eigenvalue weighted by molar-refractivity contribution is -0.121. The number of fused-ring (bicyclic) bond motifs is 3. The van der Waals surface area contributed by atoms with Crippen LogP contribution in [-0.2, 0) is 24.2 Å². The van der Waals surface area contributed by atoms with Crippen molar-refractivity contribution in [2.75, 3.05) is 7.11 Å². The van der Waals surface area contributed by atoms with Crippen LogP contribution >= 0.6 is 11.3 Å². The monoisotopic (exact) mass is 410 g/mol. The van der Waals surface area contributed by atoms with E-state index in [1.54, 1.807) is 18.4 Å². The summed E-state index contributed by atoms with van der Waals surface area (Å²) in [5, 5.41) is 4.64. The summed E-state index contributed by atoms with van der Waals surface area (Å²) in [6.07, 6.45) is 5.92. The molecule has 0 spiro atoms. The number of ether oxygens (including phenoxy) is 1. The quantitative estimate of drug-likeness (QED) is 0.518. The fourth-order valence-electron chi connectivity index (χ4n) is 3.62. The molecule has 3 aromatic rings. The van der Waals surface area contributed by atoms with Crippen LogP contribution in [0.4, 0.5) is 0 Å². The highest BCUT2D eigenvalue weighted by Gasteiger charge is 2.23. The molecular formula is C21H22N4O3S. The Labute approximate surface area is 172 Å². The highest BCUT2D eigenvalue weighted by molar-refractivity contribution is 7.18. The first-order chi connectivity index (χ1) is 14.1. The number of methoxy groups -OCH3 is 1. The zero-order valence-electron chi connectivity index (χ0n) is 16.3. The van der Waals surface area contributed by atoms with Gasteiger partial charge in [-0.1, -0.05) is 19.1 Å². The van der Waals surface area contributed by atoms with E-state index < -0.39 is 5.91 Å². The van der Waals surface area contributed by atoms with Gasteiger partial charge >= 0.3 is 0 Å². The number of nitrogens with zero attached hydrogens (tertiary/aromatic N) is 3. The summed E-state index contributed by atoms with van der Waals surface area (Å²) in [5.41, 5.74) is 4.16. The highest BCUT2D eigenvalue weighted by Crippen LogP contribution is 2.35. The third-order valence-electron chi connectivity index (χ3n) is 5.13. The third kappa shape index (κ3) is 3.93. The second-order valence-electron chi connectivity index (χ2n) is 7.24. The number of hydrogen-bond donors (Lipinski definition) is 1. The molecule has 1 amide bonds. The number of benzene rings is 1. The molecule has 1 aliphatic carbocycles. The van der Waals surface area contributed by atoms with Crippen molar-refractivity contribution < 1.29 is 9.53 Å². The Morgan fingerprint density at radius 3 is 3.10 bits per heavy atom. The van der Waals surface area contributed by atoms with E-state index in [1.807, 2.05) is 24.3 Å². The number of nitrogens with one attached hydrogen (secondary N) is 1. The molecule has 1 N–H and O–H groups in total. The maximum Gasteiger partial charge on any atom is 0.262 e. The smallest absolute Gasteiger partial charge is 0.262 e. The van der Waals surface area contributed by atoms with Gasteiger partial charge in [-0.2, -0.15) is 5.10 Å². The molecule has 150 valence electrons. The van der Waals surface area contributed by atoms with Crippen LogP contribution in [0, 0.1) is 5.92 Å². The fourth-order valence-corrected chi connectivity index (χ4v) is 4.96. The van der Waals surface area contributed by atoms with Crippen molar-refractivity contribution in [1.29, 1.82) is 0 Å². The van der Waals surface area contributed by atoms with Gasteiger partial charge in [0.15, 0.2) is 0 Å². The van der Waals surface area contributed by atoms with E-state index >= 15 is 0 Å². The third-order valence-corrected chi connectivity index (χ3v) is 6.29. The minimum absolute atomic E-state index is 0.133. The Bertz CT molecular complexity index is 1150. The number of thiophene rings is 1. The van der Waals surface area contributed by atoms with Gasteiger partial charge in [-0.15, -0.1) is 11.3 Å². The zero-order chi connectivity index (χ0) is 20.4. The molecule has 1 aromatic carbocycles. The largest absolute Gasteiger partial charge is 0.496 e. The molecule has 4 rings (SSSR count). The van der Waals surface area contributed by atoms with Gasteiger partial charge in [-0.3, -0.25) is 14.2 Å². The predicted molar refractivity (Wildman–Crippen MR) is 114 cm³/mol. The zero-order valence-corrected chi connectivity index (χ0v) is 17.2. The molecule has 0 saturated carbocycles. The summed E-state index contributed by atoms with van der Waals surface area (Å²) in [5.74, 6) is 0.898. The van der Waals surface area contributed by atoms with Crippen LogP contribution in [0.3, 0.4) is 0 Å². The number of aryl methyl sites for hydroxylation is 1. The van der Waals surface area contributed by atoms with E-state index in [1.165, 1.54) is 22.0 Å². The molecule has 7 nitrogen and oxygen atoms in total. The number of para-hydroxylation sites is 1.